The van der Waals surface area contributed by atoms with Crippen molar-refractivity contribution in [2.24, 2.45) is 0 Å². The number of hydrogen-bond acceptors (Lipinski definition) is 4. The number of alkyl halides is 3. The van der Waals surface area contributed by atoms with Crippen molar-refractivity contribution in [2.45, 2.75) is 18.6 Å². The third kappa shape index (κ3) is 4.64. The molecule has 1 amide bonds. The van der Waals surface area contributed by atoms with Gasteiger partial charge in [0.15, 0.2) is 0 Å². The number of fused-ring (bicyclic) bond motifs is 2. The summed E-state index contributed by atoms with van der Waals surface area (Å²) < 4.78 is 43.4. The number of carbonyl (C=O) groups excluding carboxylic acids is 2. The van der Waals surface area contributed by atoms with Gasteiger partial charge in [0.05, 0.1) is 29.3 Å². The summed E-state index contributed by atoms with van der Waals surface area (Å²) >= 11 is 0. The van der Waals surface area contributed by atoms with Gasteiger partial charge >= 0.3 is 12.1 Å². The van der Waals surface area contributed by atoms with E-state index in [4.69, 9.17) is 4.74 Å². The van der Waals surface area contributed by atoms with Crippen molar-refractivity contribution >= 4 is 33.7 Å². The van der Waals surface area contributed by atoms with Gasteiger partial charge in [0.2, 0.25) is 0 Å². The first kappa shape index (κ1) is 22.3. The molecule has 0 saturated heterocycles. The Morgan fingerprint density at radius 2 is 1.45 bits per heavy atom. The van der Waals surface area contributed by atoms with E-state index in [9.17, 15) is 22.8 Å². The van der Waals surface area contributed by atoms with E-state index in [-0.39, 0.29) is 6.42 Å². The lowest BCUT2D eigenvalue weighted by atomic mass is 10.00. The second kappa shape index (κ2) is 8.90. The zero-order chi connectivity index (χ0) is 23.6. The van der Waals surface area contributed by atoms with Crippen LogP contribution >= 0.6 is 0 Å². The van der Waals surface area contributed by atoms with Crippen LogP contribution < -0.4 is 5.32 Å². The molecular weight excluding hydrogens is 433 g/mol. The van der Waals surface area contributed by atoms with Gasteiger partial charge in [-0.1, -0.05) is 48.5 Å². The van der Waals surface area contributed by atoms with Gasteiger partial charge in [0.25, 0.3) is 5.91 Å². The van der Waals surface area contributed by atoms with E-state index in [1.165, 1.54) is 19.2 Å². The number of pyridine rings is 1. The number of halogens is 3. The topological polar surface area (TPSA) is 68.3 Å². The number of methoxy groups -OCH3 is 1. The van der Waals surface area contributed by atoms with E-state index in [0.717, 1.165) is 12.1 Å². The van der Waals surface area contributed by atoms with Crippen molar-refractivity contribution in [3.8, 4) is 0 Å². The third-order valence-corrected chi connectivity index (χ3v) is 5.33. The highest BCUT2D eigenvalue weighted by atomic mass is 19.4. The summed E-state index contributed by atoms with van der Waals surface area (Å²) in [6.45, 7) is 0. The Morgan fingerprint density at radius 1 is 0.909 bits per heavy atom. The molecule has 1 N–H and O–H groups in total. The van der Waals surface area contributed by atoms with Gasteiger partial charge in [-0.05, 0) is 29.8 Å². The van der Waals surface area contributed by atoms with E-state index in [1.54, 1.807) is 36.4 Å². The molecule has 5 nitrogen and oxygen atoms in total. The fourth-order valence-electron chi connectivity index (χ4n) is 3.72. The summed E-state index contributed by atoms with van der Waals surface area (Å²) in [6.07, 6.45) is -4.49. The molecule has 33 heavy (non-hydrogen) atoms. The Bertz CT molecular complexity index is 1280. The average molecular weight is 452 g/mol. The maximum absolute atomic E-state index is 13.4. The second-order valence-electron chi connectivity index (χ2n) is 7.47. The van der Waals surface area contributed by atoms with Crippen LogP contribution in [0.3, 0.4) is 0 Å². The number of nitrogens with zero attached hydrogens (tertiary/aromatic N) is 1. The molecule has 0 saturated carbocycles. The van der Waals surface area contributed by atoms with Crippen molar-refractivity contribution in [1.82, 2.24) is 10.3 Å². The van der Waals surface area contributed by atoms with Gasteiger partial charge in [-0.15, -0.1) is 0 Å². The molecule has 0 aliphatic rings. The number of hydrogen-bond donors (Lipinski definition) is 1. The molecular formula is C25H19F3N2O3. The van der Waals surface area contributed by atoms with Crippen molar-refractivity contribution in [3.63, 3.8) is 0 Å². The Kier molecular flexibility index (Phi) is 6.00. The fraction of sp³-hybridized carbons (Fsp3) is 0.160. The number of para-hydroxylation sites is 2. The van der Waals surface area contributed by atoms with Crippen molar-refractivity contribution in [3.05, 3.63) is 89.5 Å². The Morgan fingerprint density at radius 3 is 1.97 bits per heavy atom. The van der Waals surface area contributed by atoms with Gasteiger partial charge in [-0.2, -0.15) is 13.2 Å². The summed E-state index contributed by atoms with van der Waals surface area (Å²) in [7, 11) is 1.19. The number of nitrogens with one attached hydrogen (secondary N) is 1. The predicted molar refractivity (Wildman–Crippen MR) is 118 cm³/mol. The molecule has 4 aromatic rings. The van der Waals surface area contributed by atoms with Gasteiger partial charge < -0.3 is 10.1 Å². The molecule has 4 rings (SSSR count). The van der Waals surface area contributed by atoms with Crippen molar-refractivity contribution < 1.29 is 27.5 Å². The molecule has 0 fully saturated rings. The number of ether oxygens (including phenoxy) is 1. The van der Waals surface area contributed by atoms with E-state index >= 15 is 0 Å². The van der Waals surface area contributed by atoms with E-state index in [1.807, 2.05) is 12.1 Å². The van der Waals surface area contributed by atoms with Gasteiger partial charge in [-0.3, -0.25) is 4.79 Å². The molecule has 0 unspecified atom stereocenters. The first-order chi connectivity index (χ1) is 15.8. The fourth-order valence-corrected chi connectivity index (χ4v) is 3.72. The van der Waals surface area contributed by atoms with Crippen LogP contribution in [0.1, 0.15) is 21.5 Å². The smallest absolute Gasteiger partial charge is 0.416 e. The summed E-state index contributed by atoms with van der Waals surface area (Å²) in [6, 6.07) is 17.7. The largest absolute Gasteiger partial charge is 0.467 e. The molecule has 0 bridgehead atoms. The maximum atomic E-state index is 13.4. The van der Waals surface area contributed by atoms with E-state index in [0.29, 0.717) is 32.9 Å². The van der Waals surface area contributed by atoms with Crippen LogP contribution in [0.15, 0.2) is 72.8 Å². The summed E-state index contributed by atoms with van der Waals surface area (Å²) in [5.74, 6) is -1.21. The van der Waals surface area contributed by atoms with Crippen molar-refractivity contribution in [2.75, 3.05) is 7.11 Å². The first-order valence-corrected chi connectivity index (χ1v) is 10.1. The van der Waals surface area contributed by atoms with Crippen LogP contribution in [0, 0.1) is 0 Å². The number of esters is 1. The molecule has 0 aliphatic heterocycles. The zero-order valence-electron chi connectivity index (χ0n) is 17.5. The van der Waals surface area contributed by atoms with Crippen LogP contribution in [0.25, 0.3) is 21.8 Å². The zero-order valence-corrected chi connectivity index (χ0v) is 17.5. The third-order valence-electron chi connectivity index (χ3n) is 5.33. The first-order valence-electron chi connectivity index (χ1n) is 10.1. The average Bonchev–Trinajstić information content (AvgIpc) is 2.81. The van der Waals surface area contributed by atoms with Crippen LogP contribution in [0.4, 0.5) is 13.2 Å². The Labute approximate surface area is 187 Å². The van der Waals surface area contributed by atoms with Crippen LogP contribution in [-0.4, -0.2) is 30.0 Å². The van der Waals surface area contributed by atoms with Gasteiger partial charge in [0, 0.05) is 17.2 Å². The van der Waals surface area contributed by atoms with E-state index < -0.39 is 29.7 Å². The highest BCUT2D eigenvalue weighted by Gasteiger charge is 2.30. The minimum Gasteiger partial charge on any atom is -0.467 e. The number of carbonyl (C=O) groups is 2. The quantitative estimate of drug-likeness (QED) is 0.345. The lowest BCUT2D eigenvalue weighted by Gasteiger charge is -2.18. The minimum atomic E-state index is -4.46. The van der Waals surface area contributed by atoms with E-state index in [2.05, 4.69) is 10.3 Å². The Balaban J connectivity index is 1.68. The van der Waals surface area contributed by atoms with Gasteiger partial charge in [-0.25, -0.2) is 9.78 Å². The summed E-state index contributed by atoms with van der Waals surface area (Å²) in [4.78, 5) is 30.4. The minimum absolute atomic E-state index is 0.0303. The molecule has 1 atom stereocenters. The summed E-state index contributed by atoms with van der Waals surface area (Å²) in [5, 5.41) is 3.93. The summed E-state index contributed by atoms with van der Waals surface area (Å²) in [5.41, 5.74) is 1.26. The molecule has 0 radical (unpaired) electrons. The Hall–Kier alpha value is -3.94. The highest BCUT2D eigenvalue weighted by molar-refractivity contribution is 6.16. The van der Waals surface area contributed by atoms with Crippen molar-refractivity contribution in [1.29, 1.82) is 0 Å². The van der Waals surface area contributed by atoms with Crippen LogP contribution in [0.5, 0.6) is 0 Å². The van der Waals surface area contributed by atoms with Gasteiger partial charge in [0.1, 0.15) is 6.04 Å². The highest BCUT2D eigenvalue weighted by Crippen LogP contribution is 2.29. The molecule has 0 aliphatic carbocycles. The number of rotatable bonds is 5. The molecule has 3 aromatic carbocycles. The molecule has 1 aromatic heterocycles. The maximum Gasteiger partial charge on any atom is 0.416 e. The number of benzene rings is 3. The molecule has 8 heteroatoms. The predicted octanol–water partition coefficient (Wildman–Crippen LogP) is 4.92. The molecule has 0 spiro atoms. The molecule has 1 heterocycles. The lowest BCUT2D eigenvalue weighted by molar-refractivity contribution is -0.143. The standard InChI is InChI=1S/C25H19F3N2O3/c1-33-24(32)21(14-15-10-12-16(13-11-15)25(26,27)28)30-23(31)22-17-6-2-4-8-19(17)29-20-9-5-3-7-18(20)22/h2-13,21H,14H2,1H3,(H,30,31)/t21-/m1/s1. The van der Waals surface area contributed by atoms with Crippen LogP contribution in [0.2, 0.25) is 0 Å². The second-order valence-corrected chi connectivity index (χ2v) is 7.47. The van der Waals surface area contributed by atoms with Crippen LogP contribution in [-0.2, 0) is 22.1 Å². The lowest BCUT2D eigenvalue weighted by Crippen LogP contribution is -2.43. The molecule has 168 valence electrons. The monoisotopic (exact) mass is 452 g/mol. The normalized spacial score (nSPS) is 12.5. The number of amides is 1. The number of aromatic nitrogens is 1. The SMILES string of the molecule is COC(=O)[C@@H](Cc1ccc(C(F)(F)F)cc1)NC(=O)c1c2ccccc2nc2ccccc12.